The fourth-order valence-corrected chi connectivity index (χ4v) is 4.79. The molecule has 1 aromatic heterocycles. The van der Waals surface area contributed by atoms with Gasteiger partial charge in [-0.15, -0.1) is 0 Å². The second kappa shape index (κ2) is 8.72. The molecular formula is C18H19N3O6S2. The van der Waals surface area contributed by atoms with E-state index in [0.717, 1.165) is 11.7 Å². The first-order valence-electron chi connectivity index (χ1n) is 8.42. The lowest BCUT2D eigenvalue weighted by Gasteiger charge is -2.20. The third-order valence-electron chi connectivity index (χ3n) is 4.24. The van der Waals surface area contributed by atoms with Crippen LogP contribution in [0.2, 0.25) is 0 Å². The SMILES string of the molecule is COC(=O)C[C@H](NS(=O)(=O)c1cccc2nsnc12)c1ccc(OC)c(OC)c1. The Morgan fingerprint density at radius 1 is 1.10 bits per heavy atom. The Hall–Kier alpha value is -2.76. The molecule has 0 aliphatic heterocycles. The summed E-state index contributed by atoms with van der Waals surface area (Å²) in [6.07, 6.45) is -0.212. The number of hydrogen-bond acceptors (Lipinski definition) is 9. The van der Waals surface area contributed by atoms with Gasteiger partial charge in [0.2, 0.25) is 10.0 Å². The van der Waals surface area contributed by atoms with E-state index in [1.54, 1.807) is 30.3 Å². The lowest BCUT2D eigenvalue weighted by atomic mass is 10.0. The van der Waals surface area contributed by atoms with Gasteiger partial charge in [0.15, 0.2) is 11.5 Å². The van der Waals surface area contributed by atoms with Gasteiger partial charge in [0.05, 0.1) is 45.5 Å². The van der Waals surface area contributed by atoms with E-state index in [1.165, 1.54) is 27.4 Å². The van der Waals surface area contributed by atoms with E-state index < -0.39 is 22.0 Å². The smallest absolute Gasteiger partial charge is 0.307 e. The average molecular weight is 437 g/mol. The Morgan fingerprint density at radius 3 is 2.55 bits per heavy atom. The standard InChI is InChI=1S/C18H19N3O6S2/c1-25-14-8-7-11(9-15(14)26-2)13(10-17(22)27-3)21-29(23,24)16-6-4-5-12-18(16)20-28-19-12/h4-9,13,21H,10H2,1-3H3/t13-/m0/s1. The minimum absolute atomic E-state index is 0.0147. The van der Waals surface area contributed by atoms with E-state index in [0.29, 0.717) is 22.6 Å². The van der Waals surface area contributed by atoms with Crippen molar-refractivity contribution in [3.8, 4) is 11.5 Å². The Labute approximate surface area is 172 Å². The van der Waals surface area contributed by atoms with Crippen LogP contribution in [0, 0.1) is 0 Å². The van der Waals surface area contributed by atoms with Crippen LogP contribution in [0.25, 0.3) is 11.0 Å². The topological polar surface area (TPSA) is 117 Å². The van der Waals surface area contributed by atoms with Gasteiger partial charge >= 0.3 is 5.97 Å². The molecule has 1 atom stereocenters. The number of fused-ring (bicyclic) bond motifs is 1. The molecule has 0 bridgehead atoms. The van der Waals surface area contributed by atoms with E-state index in [1.807, 2.05) is 0 Å². The van der Waals surface area contributed by atoms with Gasteiger partial charge in [-0.05, 0) is 29.8 Å². The van der Waals surface area contributed by atoms with Crippen molar-refractivity contribution in [2.75, 3.05) is 21.3 Å². The van der Waals surface area contributed by atoms with E-state index in [4.69, 9.17) is 14.2 Å². The number of hydrogen-bond donors (Lipinski definition) is 1. The summed E-state index contributed by atoms with van der Waals surface area (Å²) in [5.41, 5.74) is 1.27. The molecule has 0 radical (unpaired) electrons. The minimum Gasteiger partial charge on any atom is -0.493 e. The minimum atomic E-state index is -4.02. The van der Waals surface area contributed by atoms with Crippen LogP contribution in [-0.2, 0) is 19.6 Å². The van der Waals surface area contributed by atoms with Crippen molar-refractivity contribution in [3.05, 3.63) is 42.0 Å². The van der Waals surface area contributed by atoms with Crippen molar-refractivity contribution < 1.29 is 27.4 Å². The molecule has 154 valence electrons. The molecule has 3 aromatic rings. The Balaban J connectivity index is 2.01. The van der Waals surface area contributed by atoms with E-state index in [2.05, 4.69) is 13.5 Å². The molecular weight excluding hydrogens is 418 g/mol. The molecule has 0 fully saturated rings. The van der Waals surface area contributed by atoms with Crippen LogP contribution in [0.3, 0.4) is 0 Å². The number of carbonyl (C=O) groups excluding carboxylic acids is 1. The van der Waals surface area contributed by atoms with Gasteiger partial charge in [-0.3, -0.25) is 4.79 Å². The number of nitrogens with one attached hydrogen (secondary N) is 1. The molecule has 0 aliphatic carbocycles. The van der Waals surface area contributed by atoms with Gasteiger partial charge in [0, 0.05) is 0 Å². The van der Waals surface area contributed by atoms with Gasteiger partial charge in [-0.2, -0.15) is 8.75 Å². The van der Waals surface area contributed by atoms with Gasteiger partial charge < -0.3 is 14.2 Å². The zero-order valence-corrected chi connectivity index (χ0v) is 17.5. The molecule has 2 aromatic carbocycles. The van der Waals surface area contributed by atoms with Crippen molar-refractivity contribution in [1.29, 1.82) is 0 Å². The maximum atomic E-state index is 13.1. The highest BCUT2D eigenvalue weighted by Crippen LogP contribution is 2.32. The number of aromatic nitrogens is 2. The zero-order valence-electron chi connectivity index (χ0n) is 15.9. The van der Waals surface area contributed by atoms with Crippen LogP contribution in [0.5, 0.6) is 11.5 Å². The first kappa shape index (κ1) is 21.0. The largest absolute Gasteiger partial charge is 0.493 e. The second-order valence-corrected chi connectivity index (χ2v) is 8.17. The van der Waals surface area contributed by atoms with Gasteiger partial charge in [-0.25, -0.2) is 13.1 Å². The van der Waals surface area contributed by atoms with E-state index >= 15 is 0 Å². The van der Waals surface area contributed by atoms with Crippen LogP contribution in [-0.4, -0.2) is 44.5 Å². The first-order chi connectivity index (χ1) is 13.9. The summed E-state index contributed by atoms with van der Waals surface area (Å²) in [6, 6.07) is 8.72. The van der Waals surface area contributed by atoms with Crippen LogP contribution in [0.1, 0.15) is 18.0 Å². The van der Waals surface area contributed by atoms with Gasteiger partial charge in [0.25, 0.3) is 0 Å². The number of methoxy groups -OCH3 is 3. The third-order valence-corrected chi connectivity index (χ3v) is 6.29. The summed E-state index contributed by atoms with van der Waals surface area (Å²) < 4.78 is 52.1. The Morgan fingerprint density at radius 2 is 1.86 bits per heavy atom. The third kappa shape index (κ3) is 4.47. The lowest BCUT2D eigenvalue weighted by molar-refractivity contribution is -0.141. The summed E-state index contributed by atoms with van der Waals surface area (Å²) in [4.78, 5) is 11.9. The van der Waals surface area contributed by atoms with Crippen LogP contribution in [0.4, 0.5) is 0 Å². The predicted molar refractivity (Wildman–Crippen MR) is 107 cm³/mol. The summed E-state index contributed by atoms with van der Waals surface area (Å²) in [6.45, 7) is 0. The van der Waals surface area contributed by atoms with Gasteiger partial charge in [0.1, 0.15) is 15.9 Å². The molecule has 0 saturated heterocycles. The fourth-order valence-electron chi connectivity index (χ4n) is 2.80. The number of esters is 1. The first-order valence-corrected chi connectivity index (χ1v) is 10.6. The summed E-state index contributed by atoms with van der Waals surface area (Å²) in [7, 11) is 0.185. The molecule has 11 heteroatoms. The van der Waals surface area contributed by atoms with Crippen molar-refractivity contribution in [1.82, 2.24) is 13.5 Å². The normalized spacial score (nSPS) is 12.5. The molecule has 0 aliphatic rings. The number of nitrogens with zero attached hydrogens (tertiary/aromatic N) is 2. The Kier molecular flexibility index (Phi) is 6.30. The van der Waals surface area contributed by atoms with Crippen molar-refractivity contribution in [2.24, 2.45) is 0 Å². The number of carbonyl (C=O) groups is 1. The average Bonchev–Trinajstić information content (AvgIpc) is 3.21. The molecule has 1 heterocycles. The highest BCUT2D eigenvalue weighted by Gasteiger charge is 2.27. The lowest BCUT2D eigenvalue weighted by Crippen LogP contribution is -2.30. The molecule has 3 rings (SSSR count). The highest BCUT2D eigenvalue weighted by molar-refractivity contribution is 7.89. The number of ether oxygens (including phenoxy) is 3. The molecule has 0 spiro atoms. The summed E-state index contributed by atoms with van der Waals surface area (Å²) >= 11 is 0.925. The fraction of sp³-hybridized carbons (Fsp3) is 0.278. The van der Waals surface area contributed by atoms with Crippen LogP contribution in [0.15, 0.2) is 41.3 Å². The van der Waals surface area contributed by atoms with Crippen LogP contribution < -0.4 is 14.2 Å². The number of benzene rings is 2. The second-order valence-electron chi connectivity index (χ2n) is 5.96. The van der Waals surface area contributed by atoms with Crippen molar-refractivity contribution >= 4 is 38.8 Å². The number of sulfonamides is 1. The highest BCUT2D eigenvalue weighted by atomic mass is 32.2. The monoisotopic (exact) mass is 437 g/mol. The van der Waals surface area contributed by atoms with Gasteiger partial charge in [-0.1, -0.05) is 12.1 Å². The molecule has 1 N–H and O–H groups in total. The van der Waals surface area contributed by atoms with Crippen LogP contribution >= 0.6 is 11.7 Å². The molecule has 9 nitrogen and oxygen atoms in total. The van der Waals surface area contributed by atoms with Crippen molar-refractivity contribution in [3.63, 3.8) is 0 Å². The maximum Gasteiger partial charge on any atom is 0.307 e. The molecule has 29 heavy (non-hydrogen) atoms. The molecule has 0 saturated carbocycles. The quantitative estimate of drug-likeness (QED) is 0.534. The maximum absolute atomic E-state index is 13.1. The van der Waals surface area contributed by atoms with E-state index in [9.17, 15) is 13.2 Å². The zero-order chi connectivity index (χ0) is 21.0. The number of rotatable bonds is 8. The summed E-state index contributed by atoms with van der Waals surface area (Å²) in [5, 5.41) is 0. The summed E-state index contributed by atoms with van der Waals surface area (Å²) in [5.74, 6) is 0.320. The molecule has 0 amide bonds. The van der Waals surface area contributed by atoms with Crippen molar-refractivity contribution in [2.45, 2.75) is 17.4 Å². The molecule has 0 unspecified atom stereocenters. The predicted octanol–water partition coefficient (Wildman–Crippen LogP) is 2.29. The van der Waals surface area contributed by atoms with E-state index in [-0.39, 0.29) is 16.8 Å². The Bertz CT molecular complexity index is 1130.